The lowest BCUT2D eigenvalue weighted by Crippen LogP contribution is -2.62. The standard InChI is InChI=1S/C20H30N4O3/c1-15-14-16(21-22(15)2)18(25)24-11-5-6-20(7-12-27-13-8-20)17(24)19(26)23-9-3-4-10-23/h14,17H,3-13H2,1-2H3. The summed E-state index contributed by atoms with van der Waals surface area (Å²) in [7, 11) is 1.84. The van der Waals surface area contributed by atoms with Crippen LogP contribution < -0.4 is 0 Å². The van der Waals surface area contributed by atoms with E-state index in [-0.39, 0.29) is 23.3 Å². The quantitative estimate of drug-likeness (QED) is 0.791. The van der Waals surface area contributed by atoms with Crippen molar-refractivity contribution in [2.75, 3.05) is 32.8 Å². The van der Waals surface area contributed by atoms with E-state index >= 15 is 0 Å². The molecule has 3 saturated heterocycles. The number of hydrogen-bond donors (Lipinski definition) is 0. The van der Waals surface area contributed by atoms with Crippen LogP contribution in [0.4, 0.5) is 0 Å². The Labute approximate surface area is 160 Å². The molecule has 1 aromatic rings. The van der Waals surface area contributed by atoms with Crippen molar-refractivity contribution in [3.8, 4) is 0 Å². The van der Waals surface area contributed by atoms with Crippen LogP contribution in [-0.2, 0) is 16.6 Å². The van der Waals surface area contributed by atoms with E-state index in [1.54, 1.807) is 4.68 Å². The molecular formula is C20H30N4O3. The van der Waals surface area contributed by atoms with Gasteiger partial charge in [-0.2, -0.15) is 5.10 Å². The van der Waals surface area contributed by atoms with Gasteiger partial charge in [0.15, 0.2) is 5.69 Å². The zero-order chi connectivity index (χ0) is 19.0. The third-order valence-corrected chi connectivity index (χ3v) is 6.70. The van der Waals surface area contributed by atoms with Crippen LogP contribution in [0.15, 0.2) is 6.07 Å². The molecule has 7 nitrogen and oxygen atoms in total. The molecule has 1 aromatic heterocycles. The number of ether oxygens (including phenoxy) is 1. The second-order valence-electron chi connectivity index (χ2n) is 8.31. The number of hydrogen-bond acceptors (Lipinski definition) is 4. The van der Waals surface area contributed by atoms with Gasteiger partial charge >= 0.3 is 0 Å². The first-order chi connectivity index (χ1) is 13.0. The first-order valence-electron chi connectivity index (χ1n) is 10.2. The molecule has 27 heavy (non-hydrogen) atoms. The van der Waals surface area contributed by atoms with Crippen molar-refractivity contribution >= 4 is 11.8 Å². The highest BCUT2D eigenvalue weighted by atomic mass is 16.5. The molecule has 1 unspecified atom stereocenters. The summed E-state index contributed by atoms with van der Waals surface area (Å²) in [6, 6.07) is 1.44. The van der Waals surface area contributed by atoms with Crippen LogP contribution in [0.25, 0.3) is 0 Å². The number of rotatable bonds is 2. The van der Waals surface area contributed by atoms with Crippen molar-refractivity contribution in [3.05, 3.63) is 17.5 Å². The zero-order valence-electron chi connectivity index (χ0n) is 16.4. The molecule has 3 aliphatic heterocycles. The van der Waals surface area contributed by atoms with Crippen molar-refractivity contribution in [3.63, 3.8) is 0 Å². The SMILES string of the molecule is Cc1cc(C(=O)N2CCCC3(CCOCC3)C2C(=O)N2CCCC2)nn1C. The molecule has 0 bridgehead atoms. The molecule has 0 radical (unpaired) electrons. The second-order valence-corrected chi connectivity index (χ2v) is 8.31. The monoisotopic (exact) mass is 374 g/mol. The molecule has 4 rings (SSSR count). The highest BCUT2D eigenvalue weighted by Crippen LogP contribution is 2.45. The summed E-state index contributed by atoms with van der Waals surface area (Å²) in [5.41, 5.74) is 1.23. The maximum absolute atomic E-state index is 13.6. The Morgan fingerprint density at radius 3 is 2.44 bits per heavy atom. The van der Waals surface area contributed by atoms with Crippen molar-refractivity contribution in [2.24, 2.45) is 12.5 Å². The third kappa shape index (κ3) is 3.26. The van der Waals surface area contributed by atoms with Crippen molar-refractivity contribution in [2.45, 2.75) is 51.5 Å². The van der Waals surface area contributed by atoms with E-state index in [0.29, 0.717) is 25.5 Å². The fourth-order valence-corrected chi connectivity index (χ4v) is 5.04. The normalized spacial score (nSPS) is 25.2. The summed E-state index contributed by atoms with van der Waals surface area (Å²) in [6.45, 7) is 5.54. The molecule has 1 atom stereocenters. The predicted octanol–water partition coefficient (Wildman–Crippen LogP) is 1.75. The molecule has 0 aliphatic carbocycles. The van der Waals surface area contributed by atoms with Crippen LogP contribution in [0.5, 0.6) is 0 Å². The van der Waals surface area contributed by atoms with Crippen molar-refractivity contribution < 1.29 is 14.3 Å². The van der Waals surface area contributed by atoms with Crippen LogP contribution in [-0.4, -0.2) is 70.3 Å². The number of aryl methyl sites for hydroxylation is 2. The number of nitrogens with zero attached hydrogens (tertiary/aromatic N) is 4. The van der Waals surface area contributed by atoms with E-state index in [9.17, 15) is 9.59 Å². The van der Waals surface area contributed by atoms with Gasteiger partial charge in [-0.3, -0.25) is 14.3 Å². The predicted molar refractivity (Wildman–Crippen MR) is 100 cm³/mol. The van der Waals surface area contributed by atoms with Crippen LogP contribution >= 0.6 is 0 Å². The van der Waals surface area contributed by atoms with Gasteiger partial charge in [0.25, 0.3) is 5.91 Å². The van der Waals surface area contributed by atoms with E-state index in [1.165, 1.54) is 0 Å². The highest BCUT2D eigenvalue weighted by Gasteiger charge is 2.52. The van der Waals surface area contributed by atoms with Gasteiger partial charge in [0.2, 0.25) is 5.91 Å². The largest absolute Gasteiger partial charge is 0.381 e. The van der Waals surface area contributed by atoms with E-state index in [4.69, 9.17) is 4.74 Å². The van der Waals surface area contributed by atoms with Gasteiger partial charge in [-0.15, -0.1) is 0 Å². The molecule has 4 heterocycles. The molecule has 0 aromatic carbocycles. The smallest absolute Gasteiger partial charge is 0.275 e. The average molecular weight is 374 g/mol. The molecule has 7 heteroatoms. The topological polar surface area (TPSA) is 67.7 Å². The number of carbonyl (C=O) groups is 2. The van der Waals surface area contributed by atoms with E-state index < -0.39 is 0 Å². The second kappa shape index (κ2) is 7.26. The Morgan fingerprint density at radius 2 is 1.81 bits per heavy atom. The minimum Gasteiger partial charge on any atom is -0.381 e. The van der Waals surface area contributed by atoms with Gasteiger partial charge in [-0.05, 0) is 51.5 Å². The van der Waals surface area contributed by atoms with Gasteiger partial charge in [-0.1, -0.05) is 0 Å². The first-order valence-corrected chi connectivity index (χ1v) is 10.2. The lowest BCUT2D eigenvalue weighted by Gasteiger charge is -2.51. The van der Waals surface area contributed by atoms with Gasteiger partial charge in [0.05, 0.1) is 0 Å². The molecule has 1 spiro atoms. The van der Waals surface area contributed by atoms with Gasteiger partial charge in [-0.25, -0.2) is 0 Å². The maximum atomic E-state index is 13.6. The number of aromatic nitrogens is 2. The average Bonchev–Trinajstić information content (AvgIpc) is 3.32. The maximum Gasteiger partial charge on any atom is 0.275 e. The highest BCUT2D eigenvalue weighted by molar-refractivity contribution is 5.96. The summed E-state index contributed by atoms with van der Waals surface area (Å²) in [5.74, 6) is 0.0249. The molecule has 0 N–H and O–H groups in total. The summed E-state index contributed by atoms with van der Waals surface area (Å²) in [5, 5.41) is 4.39. The molecular weight excluding hydrogens is 344 g/mol. The summed E-state index contributed by atoms with van der Waals surface area (Å²) < 4.78 is 7.33. The number of likely N-dealkylation sites (tertiary alicyclic amines) is 2. The van der Waals surface area contributed by atoms with E-state index in [2.05, 4.69) is 5.10 Å². The Hall–Kier alpha value is -1.89. The lowest BCUT2D eigenvalue weighted by molar-refractivity contribution is -0.147. The summed E-state index contributed by atoms with van der Waals surface area (Å²) in [6.07, 6.45) is 5.74. The fourth-order valence-electron chi connectivity index (χ4n) is 5.04. The Balaban J connectivity index is 1.68. The van der Waals surface area contributed by atoms with Gasteiger partial charge < -0.3 is 14.5 Å². The molecule has 3 fully saturated rings. The van der Waals surface area contributed by atoms with Crippen LogP contribution in [0, 0.1) is 12.3 Å². The van der Waals surface area contributed by atoms with Crippen LogP contribution in [0.3, 0.4) is 0 Å². The van der Waals surface area contributed by atoms with Crippen molar-refractivity contribution in [1.82, 2.24) is 19.6 Å². The minimum absolute atomic E-state index is 0.109. The van der Waals surface area contributed by atoms with E-state index in [1.807, 2.05) is 29.8 Å². The molecule has 2 amide bonds. The van der Waals surface area contributed by atoms with E-state index in [0.717, 1.165) is 57.3 Å². The first kappa shape index (κ1) is 18.5. The number of piperidine rings is 1. The Kier molecular flexibility index (Phi) is 4.97. The molecule has 148 valence electrons. The summed E-state index contributed by atoms with van der Waals surface area (Å²) >= 11 is 0. The molecule has 0 saturated carbocycles. The van der Waals surface area contributed by atoms with Crippen LogP contribution in [0.1, 0.15) is 54.7 Å². The van der Waals surface area contributed by atoms with Crippen LogP contribution in [0.2, 0.25) is 0 Å². The minimum atomic E-state index is -0.386. The van der Waals surface area contributed by atoms with Crippen molar-refractivity contribution in [1.29, 1.82) is 0 Å². The number of amides is 2. The summed E-state index contributed by atoms with van der Waals surface area (Å²) in [4.78, 5) is 30.7. The molecule has 3 aliphatic rings. The Bertz CT molecular complexity index is 692. The lowest BCUT2D eigenvalue weighted by atomic mass is 9.67. The fraction of sp³-hybridized carbons (Fsp3) is 0.750. The zero-order valence-corrected chi connectivity index (χ0v) is 16.4. The number of carbonyl (C=O) groups excluding carboxylic acids is 2. The van der Waals surface area contributed by atoms with Gasteiger partial charge in [0.1, 0.15) is 6.04 Å². The Morgan fingerprint density at radius 1 is 1.11 bits per heavy atom. The van der Waals surface area contributed by atoms with Gasteiger partial charge in [0, 0.05) is 51.0 Å². The third-order valence-electron chi connectivity index (χ3n) is 6.70.